The number of nitrogens with zero attached hydrogens (tertiary/aromatic N) is 4. The normalized spacial score (nSPS) is 14.7. The van der Waals surface area contributed by atoms with Gasteiger partial charge in [-0.2, -0.15) is 13.2 Å². The number of amides is 2. The number of primary amides is 1. The van der Waals surface area contributed by atoms with Crippen LogP contribution >= 0.6 is 0 Å². The highest BCUT2D eigenvalue weighted by Crippen LogP contribution is 2.34. The SMILES string of the molecule is CN(C)CCN1CCN(C(=O)c2nc(-c3ccc(C(F)(F)F)cc3)oc2-c2cccc(CC(N)=O)c2)CC1. The number of oxazole rings is 1. The van der Waals surface area contributed by atoms with Gasteiger partial charge in [0.1, 0.15) is 0 Å². The fourth-order valence-corrected chi connectivity index (χ4v) is 4.28. The number of rotatable bonds is 8. The van der Waals surface area contributed by atoms with Crippen molar-refractivity contribution in [3.63, 3.8) is 0 Å². The van der Waals surface area contributed by atoms with Crippen molar-refractivity contribution in [2.45, 2.75) is 12.6 Å². The number of benzene rings is 2. The van der Waals surface area contributed by atoms with E-state index in [9.17, 15) is 22.8 Å². The average Bonchev–Trinajstić information content (AvgIpc) is 3.32. The average molecular weight is 530 g/mol. The van der Waals surface area contributed by atoms with Crippen LogP contribution in [0.4, 0.5) is 13.2 Å². The predicted octanol–water partition coefficient (Wildman–Crippen LogP) is 3.37. The summed E-state index contributed by atoms with van der Waals surface area (Å²) < 4.78 is 45.1. The molecule has 202 valence electrons. The Hall–Kier alpha value is -3.70. The lowest BCUT2D eigenvalue weighted by molar-refractivity contribution is -0.137. The van der Waals surface area contributed by atoms with Gasteiger partial charge in [-0.15, -0.1) is 0 Å². The van der Waals surface area contributed by atoms with E-state index in [-0.39, 0.29) is 29.7 Å². The zero-order valence-electron chi connectivity index (χ0n) is 21.3. The van der Waals surface area contributed by atoms with Gasteiger partial charge in [0.05, 0.1) is 12.0 Å². The molecular weight excluding hydrogens is 499 g/mol. The van der Waals surface area contributed by atoms with E-state index in [4.69, 9.17) is 10.2 Å². The van der Waals surface area contributed by atoms with Gasteiger partial charge in [-0.05, 0) is 50.0 Å². The first-order valence-corrected chi connectivity index (χ1v) is 12.2. The first-order chi connectivity index (χ1) is 18.0. The van der Waals surface area contributed by atoms with Crippen molar-refractivity contribution in [1.82, 2.24) is 19.7 Å². The minimum Gasteiger partial charge on any atom is -0.435 e. The Balaban J connectivity index is 1.65. The monoisotopic (exact) mass is 529 g/mol. The molecule has 3 aromatic rings. The summed E-state index contributed by atoms with van der Waals surface area (Å²) in [5, 5.41) is 0. The van der Waals surface area contributed by atoms with Gasteiger partial charge in [0, 0.05) is 50.4 Å². The van der Waals surface area contributed by atoms with E-state index in [1.165, 1.54) is 12.1 Å². The molecule has 2 amide bonds. The Kier molecular flexibility index (Phi) is 8.17. The number of carbonyl (C=O) groups is 2. The van der Waals surface area contributed by atoms with Crippen LogP contribution in [0.3, 0.4) is 0 Å². The summed E-state index contributed by atoms with van der Waals surface area (Å²) in [6.45, 7) is 4.26. The second-order valence-electron chi connectivity index (χ2n) is 9.55. The number of alkyl halides is 3. The quantitative estimate of drug-likeness (QED) is 0.481. The molecule has 0 unspecified atom stereocenters. The lowest BCUT2D eigenvalue weighted by Gasteiger charge is -2.34. The highest BCUT2D eigenvalue weighted by molar-refractivity contribution is 5.98. The van der Waals surface area contributed by atoms with Crippen molar-refractivity contribution < 1.29 is 27.2 Å². The third kappa shape index (κ3) is 6.59. The maximum Gasteiger partial charge on any atom is 0.416 e. The zero-order chi connectivity index (χ0) is 27.4. The number of hydrogen-bond acceptors (Lipinski definition) is 6. The van der Waals surface area contributed by atoms with Gasteiger partial charge in [0.25, 0.3) is 5.91 Å². The summed E-state index contributed by atoms with van der Waals surface area (Å²) in [6.07, 6.45) is -4.47. The van der Waals surface area contributed by atoms with Gasteiger partial charge in [-0.3, -0.25) is 14.5 Å². The molecule has 2 N–H and O–H groups in total. The lowest BCUT2D eigenvalue weighted by atomic mass is 10.0. The molecule has 11 heteroatoms. The summed E-state index contributed by atoms with van der Waals surface area (Å²) in [5.74, 6) is -0.615. The Morgan fingerprint density at radius 1 is 1.03 bits per heavy atom. The molecule has 1 aliphatic heterocycles. The Morgan fingerprint density at radius 3 is 2.32 bits per heavy atom. The van der Waals surface area contributed by atoms with Crippen LogP contribution in [0, 0.1) is 0 Å². The van der Waals surface area contributed by atoms with E-state index >= 15 is 0 Å². The van der Waals surface area contributed by atoms with Crippen LogP contribution in [0.5, 0.6) is 0 Å². The number of likely N-dealkylation sites (N-methyl/N-ethyl adjacent to an activating group) is 1. The van der Waals surface area contributed by atoms with Crippen LogP contribution in [0.1, 0.15) is 21.6 Å². The van der Waals surface area contributed by atoms with Gasteiger partial charge in [0.2, 0.25) is 11.8 Å². The van der Waals surface area contributed by atoms with Crippen LogP contribution in [0.25, 0.3) is 22.8 Å². The van der Waals surface area contributed by atoms with E-state index < -0.39 is 17.6 Å². The molecule has 0 spiro atoms. The van der Waals surface area contributed by atoms with Crippen molar-refractivity contribution in [2.24, 2.45) is 5.73 Å². The second kappa shape index (κ2) is 11.4. The fourth-order valence-electron chi connectivity index (χ4n) is 4.28. The van der Waals surface area contributed by atoms with Crippen molar-refractivity contribution in [1.29, 1.82) is 0 Å². The van der Waals surface area contributed by atoms with Crippen LogP contribution in [0.2, 0.25) is 0 Å². The zero-order valence-corrected chi connectivity index (χ0v) is 21.3. The maximum absolute atomic E-state index is 13.6. The number of nitrogens with two attached hydrogens (primary N) is 1. The molecule has 0 saturated carbocycles. The first-order valence-electron chi connectivity index (χ1n) is 12.2. The summed E-state index contributed by atoms with van der Waals surface area (Å²) in [6, 6.07) is 11.3. The van der Waals surface area contributed by atoms with Crippen LogP contribution in [0.15, 0.2) is 52.9 Å². The lowest BCUT2D eigenvalue weighted by Crippen LogP contribution is -2.50. The minimum atomic E-state index is -4.48. The van der Waals surface area contributed by atoms with Crippen molar-refractivity contribution in [3.8, 4) is 22.8 Å². The molecule has 1 aromatic heterocycles. The Morgan fingerprint density at radius 2 is 1.71 bits per heavy atom. The van der Waals surface area contributed by atoms with Crippen LogP contribution in [-0.2, 0) is 17.4 Å². The van der Waals surface area contributed by atoms with E-state index in [2.05, 4.69) is 14.8 Å². The topological polar surface area (TPSA) is 95.9 Å². The molecule has 1 fully saturated rings. The molecule has 4 rings (SSSR count). The maximum atomic E-state index is 13.6. The molecule has 1 aliphatic rings. The minimum absolute atomic E-state index is 0.00588. The van der Waals surface area contributed by atoms with Gasteiger partial charge in [0.15, 0.2) is 11.5 Å². The first kappa shape index (κ1) is 27.3. The van der Waals surface area contributed by atoms with Crippen molar-refractivity contribution >= 4 is 11.8 Å². The van der Waals surface area contributed by atoms with E-state index in [1.54, 1.807) is 29.2 Å². The van der Waals surface area contributed by atoms with Gasteiger partial charge >= 0.3 is 6.18 Å². The standard InChI is InChI=1S/C27H30F3N5O3/c1-33(2)10-11-34-12-14-35(15-13-34)26(37)23-24(20-5-3-4-18(16-20)17-22(31)36)38-25(32-23)19-6-8-21(9-7-19)27(28,29)30/h3-9,16H,10-15,17H2,1-2H3,(H2,31,36). The molecule has 0 radical (unpaired) electrons. The molecule has 0 atom stereocenters. The molecule has 0 bridgehead atoms. The summed E-state index contributed by atoms with van der Waals surface area (Å²) in [4.78, 5) is 35.6. The number of hydrogen-bond donors (Lipinski definition) is 1. The van der Waals surface area contributed by atoms with Gasteiger partial charge in [-0.1, -0.05) is 18.2 Å². The molecule has 0 aliphatic carbocycles. The highest BCUT2D eigenvalue weighted by Gasteiger charge is 2.31. The number of halogens is 3. The Labute approximate surface area is 218 Å². The van der Waals surface area contributed by atoms with Crippen LogP contribution in [-0.4, -0.2) is 84.9 Å². The molecule has 8 nitrogen and oxygen atoms in total. The highest BCUT2D eigenvalue weighted by atomic mass is 19.4. The Bertz CT molecular complexity index is 1280. The number of piperazine rings is 1. The molecule has 2 heterocycles. The predicted molar refractivity (Wildman–Crippen MR) is 136 cm³/mol. The summed E-state index contributed by atoms with van der Waals surface area (Å²) >= 11 is 0. The third-order valence-electron chi connectivity index (χ3n) is 6.38. The second-order valence-corrected chi connectivity index (χ2v) is 9.55. The molecule has 2 aromatic carbocycles. The summed E-state index contributed by atoms with van der Waals surface area (Å²) in [7, 11) is 4.02. The molecule has 38 heavy (non-hydrogen) atoms. The van der Waals surface area contributed by atoms with E-state index in [0.717, 1.165) is 25.2 Å². The van der Waals surface area contributed by atoms with Gasteiger partial charge in [-0.25, -0.2) is 4.98 Å². The third-order valence-corrected chi connectivity index (χ3v) is 6.38. The smallest absolute Gasteiger partial charge is 0.416 e. The molecular formula is C27H30F3N5O3. The van der Waals surface area contributed by atoms with Crippen molar-refractivity contribution in [3.05, 3.63) is 65.4 Å². The van der Waals surface area contributed by atoms with E-state index in [1.807, 2.05) is 14.1 Å². The van der Waals surface area contributed by atoms with Gasteiger partial charge < -0.3 is 20.0 Å². The van der Waals surface area contributed by atoms with E-state index in [0.29, 0.717) is 42.9 Å². The fraction of sp³-hybridized carbons (Fsp3) is 0.370. The largest absolute Gasteiger partial charge is 0.435 e. The molecule has 1 saturated heterocycles. The number of aromatic nitrogens is 1. The number of carbonyl (C=O) groups excluding carboxylic acids is 2. The summed E-state index contributed by atoms with van der Waals surface area (Å²) in [5.41, 5.74) is 6.07. The van der Waals surface area contributed by atoms with Crippen LogP contribution < -0.4 is 5.73 Å². The van der Waals surface area contributed by atoms with Crippen molar-refractivity contribution in [2.75, 3.05) is 53.4 Å².